The van der Waals surface area contributed by atoms with E-state index in [9.17, 15) is 9.59 Å². The highest BCUT2D eigenvalue weighted by Gasteiger charge is 2.32. The molecular formula is C17H25N3O4. The standard InChI is InChI=1S/C17H25N3O4/c1-3-19(9-10-21)17(23)18-13-11-16(22)20(12-13)14-5-7-15(8-6-14)24-4-2/h5-8,13,21H,3-4,9-12H2,1-2H3,(H,18,23). The van der Waals surface area contributed by atoms with Crippen molar-refractivity contribution in [3.05, 3.63) is 24.3 Å². The van der Waals surface area contributed by atoms with Crippen LogP contribution in [0.1, 0.15) is 20.3 Å². The van der Waals surface area contributed by atoms with Crippen molar-refractivity contribution in [2.24, 2.45) is 0 Å². The quantitative estimate of drug-likeness (QED) is 0.785. The highest BCUT2D eigenvalue weighted by molar-refractivity contribution is 5.96. The minimum atomic E-state index is -0.252. The van der Waals surface area contributed by atoms with E-state index in [2.05, 4.69) is 5.32 Å². The van der Waals surface area contributed by atoms with Gasteiger partial charge in [-0.05, 0) is 38.1 Å². The molecule has 2 N–H and O–H groups in total. The number of aliphatic hydroxyl groups is 1. The average Bonchev–Trinajstić information content (AvgIpc) is 2.93. The summed E-state index contributed by atoms with van der Waals surface area (Å²) in [4.78, 5) is 27.6. The lowest BCUT2D eigenvalue weighted by atomic mass is 10.2. The normalized spacial score (nSPS) is 17.0. The van der Waals surface area contributed by atoms with E-state index in [0.29, 0.717) is 19.7 Å². The molecule has 1 aliphatic rings. The second-order valence-corrected chi connectivity index (χ2v) is 5.59. The van der Waals surface area contributed by atoms with Gasteiger partial charge < -0.3 is 25.0 Å². The third-order valence-electron chi connectivity index (χ3n) is 3.95. The molecule has 132 valence electrons. The molecule has 24 heavy (non-hydrogen) atoms. The number of hydrogen-bond acceptors (Lipinski definition) is 4. The lowest BCUT2D eigenvalue weighted by Gasteiger charge is -2.23. The van der Waals surface area contributed by atoms with Crippen LogP contribution in [-0.4, -0.2) is 60.8 Å². The highest BCUT2D eigenvalue weighted by Crippen LogP contribution is 2.24. The van der Waals surface area contributed by atoms with Gasteiger partial charge in [0.25, 0.3) is 0 Å². The third kappa shape index (κ3) is 4.38. The number of benzene rings is 1. The summed E-state index contributed by atoms with van der Waals surface area (Å²) in [7, 11) is 0. The molecule has 1 aliphatic heterocycles. The highest BCUT2D eigenvalue weighted by atomic mass is 16.5. The smallest absolute Gasteiger partial charge is 0.317 e. The van der Waals surface area contributed by atoms with E-state index in [-0.39, 0.29) is 37.6 Å². The van der Waals surface area contributed by atoms with Crippen LogP contribution in [0.2, 0.25) is 0 Å². The topological polar surface area (TPSA) is 82.1 Å². The van der Waals surface area contributed by atoms with E-state index < -0.39 is 0 Å². The molecule has 2 rings (SSSR count). The summed E-state index contributed by atoms with van der Waals surface area (Å²) in [6.45, 7) is 5.51. The number of ether oxygens (including phenoxy) is 1. The summed E-state index contributed by atoms with van der Waals surface area (Å²) in [5.41, 5.74) is 0.794. The molecule has 1 saturated heterocycles. The first-order valence-electron chi connectivity index (χ1n) is 8.28. The Hall–Kier alpha value is -2.28. The lowest BCUT2D eigenvalue weighted by molar-refractivity contribution is -0.117. The zero-order valence-electron chi connectivity index (χ0n) is 14.2. The largest absolute Gasteiger partial charge is 0.494 e. The minimum absolute atomic E-state index is 0.0188. The molecule has 1 heterocycles. The van der Waals surface area contributed by atoms with E-state index in [1.165, 1.54) is 4.90 Å². The van der Waals surface area contributed by atoms with E-state index in [1.807, 2.05) is 38.1 Å². The van der Waals surface area contributed by atoms with Crippen molar-refractivity contribution in [1.82, 2.24) is 10.2 Å². The second-order valence-electron chi connectivity index (χ2n) is 5.59. The number of rotatable bonds is 7. The number of aliphatic hydroxyl groups excluding tert-OH is 1. The van der Waals surface area contributed by atoms with Crippen molar-refractivity contribution in [3.8, 4) is 5.75 Å². The maximum Gasteiger partial charge on any atom is 0.317 e. The molecule has 1 unspecified atom stereocenters. The first-order chi connectivity index (χ1) is 11.6. The van der Waals surface area contributed by atoms with E-state index in [1.54, 1.807) is 4.90 Å². The zero-order chi connectivity index (χ0) is 17.5. The second kappa shape index (κ2) is 8.54. The van der Waals surface area contributed by atoms with Crippen molar-refractivity contribution in [1.29, 1.82) is 0 Å². The van der Waals surface area contributed by atoms with E-state index in [0.717, 1.165) is 11.4 Å². The lowest BCUT2D eigenvalue weighted by Crippen LogP contribution is -2.46. The number of nitrogens with one attached hydrogen (secondary N) is 1. The Labute approximate surface area is 142 Å². The number of carbonyl (C=O) groups excluding carboxylic acids is 2. The SMILES string of the molecule is CCOc1ccc(N2CC(NC(=O)N(CC)CCO)CC2=O)cc1. The number of hydrogen-bond donors (Lipinski definition) is 2. The zero-order valence-corrected chi connectivity index (χ0v) is 14.2. The van der Waals surface area contributed by atoms with Gasteiger partial charge in [-0.15, -0.1) is 0 Å². The van der Waals surface area contributed by atoms with Gasteiger partial charge in [0.2, 0.25) is 5.91 Å². The molecule has 0 aromatic heterocycles. The van der Waals surface area contributed by atoms with Gasteiger partial charge in [0.1, 0.15) is 5.75 Å². The van der Waals surface area contributed by atoms with Crippen molar-refractivity contribution in [2.45, 2.75) is 26.3 Å². The Bertz CT molecular complexity index is 561. The van der Waals surface area contributed by atoms with Gasteiger partial charge in [-0.25, -0.2) is 4.79 Å². The maximum atomic E-state index is 12.2. The Kier molecular flexibility index (Phi) is 6.43. The Balaban J connectivity index is 1.96. The Morgan fingerprint density at radius 2 is 2.08 bits per heavy atom. The maximum absolute atomic E-state index is 12.2. The van der Waals surface area contributed by atoms with Crippen molar-refractivity contribution in [3.63, 3.8) is 0 Å². The predicted molar refractivity (Wildman–Crippen MR) is 91.2 cm³/mol. The number of amides is 3. The molecule has 1 aromatic rings. The summed E-state index contributed by atoms with van der Waals surface area (Å²) < 4.78 is 5.40. The summed E-state index contributed by atoms with van der Waals surface area (Å²) >= 11 is 0. The van der Waals surface area contributed by atoms with Gasteiger partial charge in [-0.2, -0.15) is 0 Å². The molecule has 1 atom stereocenters. The van der Waals surface area contributed by atoms with Crippen molar-refractivity contribution < 1.29 is 19.4 Å². The van der Waals surface area contributed by atoms with Gasteiger partial charge in [-0.1, -0.05) is 0 Å². The van der Waals surface area contributed by atoms with Gasteiger partial charge in [0, 0.05) is 31.7 Å². The summed E-state index contributed by atoms with van der Waals surface area (Å²) in [5.74, 6) is 0.745. The summed E-state index contributed by atoms with van der Waals surface area (Å²) in [6.07, 6.45) is 0.273. The fraction of sp³-hybridized carbons (Fsp3) is 0.529. The van der Waals surface area contributed by atoms with Crippen LogP contribution < -0.4 is 15.0 Å². The molecule has 0 radical (unpaired) electrons. The molecule has 0 aliphatic carbocycles. The minimum Gasteiger partial charge on any atom is -0.494 e. The molecule has 1 fully saturated rings. The van der Waals surface area contributed by atoms with Crippen molar-refractivity contribution in [2.75, 3.05) is 37.7 Å². The van der Waals surface area contributed by atoms with Gasteiger partial charge in [0.05, 0.1) is 19.3 Å². The average molecular weight is 335 g/mol. The van der Waals surface area contributed by atoms with Crippen molar-refractivity contribution >= 4 is 17.6 Å². The number of anilines is 1. The van der Waals surface area contributed by atoms with Crippen LogP contribution in [0.4, 0.5) is 10.5 Å². The molecule has 7 nitrogen and oxygen atoms in total. The molecule has 0 bridgehead atoms. The first kappa shape index (κ1) is 18.1. The van der Waals surface area contributed by atoms with Gasteiger partial charge in [-0.3, -0.25) is 4.79 Å². The molecule has 3 amide bonds. The molecule has 1 aromatic carbocycles. The van der Waals surface area contributed by atoms with Crippen LogP contribution in [0.25, 0.3) is 0 Å². The molecule has 0 saturated carbocycles. The van der Waals surface area contributed by atoms with Gasteiger partial charge in [0.15, 0.2) is 0 Å². The van der Waals surface area contributed by atoms with Gasteiger partial charge >= 0.3 is 6.03 Å². The number of likely N-dealkylation sites (N-methyl/N-ethyl adjacent to an activating group) is 1. The van der Waals surface area contributed by atoms with E-state index in [4.69, 9.17) is 9.84 Å². The van der Waals surface area contributed by atoms with Crippen LogP contribution in [0.15, 0.2) is 24.3 Å². The Morgan fingerprint density at radius 1 is 1.38 bits per heavy atom. The third-order valence-corrected chi connectivity index (χ3v) is 3.95. The number of nitrogens with zero attached hydrogens (tertiary/aromatic N) is 2. The molecule has 0 spiro atoms. The molecular weight excluding hydrogens is 310 g/mol. The van der Waals surface area contributed by atoms with Crippen LogP contribution in [0, 0.1) is 0 Å². The van der Waals surface area contributed by atoms with Crippen LogP contribution in [0.5, 0.6) is 5.75 Å². The monoisotopic (exact) mass is 335 g/mol. The van der Waals surface area contributed by atoms with Crippen LogP contribution in [0.3, 0.4) is 0 Å². The molecule has 7 heteroatoms. The number of carbonyl (C=O) groups is 2. The Morgan fingerprint density at radius 3 is 2.67 bits per heavy atom. The fourth-order valence-electron chi connectivity index (χ4n) is 2.73. The summed E-state index contributed by atoms with van der Waals surface area (Å²) in [5, 5.41) is 11.8. The first-order valence-corrected chi connectivity index (χ1v) is 8.28. The summed E-state index contributed by atoms with van der Waals surface area (Å²) in [6, 6.07) is 6.87. The van der Waals surface area contributed by atoms with Crippen LogP contribution >= 0.6 is 0 Å². The number of urea groups is 1. The van der Waals surface area contributed by atoms with E-state index >= 15 is 0 Å². The predicted octanol–water partition coefficient (Wildman–Crippen LogP) is 1.21. The fourth-order valence-corrected chi connectivity index (χ4v) is 2.73. The van der Waals surface area contributed by atoms with Crippen LogP contribution in [-0.2, 0) is 4.79 Å².